The van der Waals surface area contributed by atoms with E-state index in [9.17, 15) is 0 Å². The summed E-state index contributed by atoms with van der Waals surface area (Å²) >= 11 is 0. The van der Waals surface area contributed by atoms with E-state index in [-0.39, 0.29) is 0 Å². The van der Waals surface area contributed by atoms with Crippen molar-refractivity contribution in [2.45, 2.75) is 71.4 Å². The first-order valence-electron chi connectivity index (χ1n) is 7.60. The average molecular weight is 238 g/mol. The molecule has 1 N–H and O–H groups in total. The third kappa shape index (κ3) is 3.96. The van der Waals surface area contributed by atoms with Gasteiger partial charge < -0.3 is 10.2 Å². The van der Waals surface area contributed by atoms with Crippen LogP contribution in [0.2, 0.25) is 0 Å². The number of likely N-dealkylation sites (tertiary alicyclic amines) is 1. The average Bonchev–Trinajstić information content (AvgIpc) is 3.03. The highest BCUT2D eigenvalue weighted by Gasteiger charge is 2.32. The molecule has 0 spiro atoms. The van der Waals surface area contributed by atoms with E-state index in [2.05, 4.69) is 31.0 Å². The molecule has 1 aliphatic heterocycles. The summed E-state index contributed by atoms with van der Waals surface area (Å²) in [7, 11) is 0. The molecule has 2 nitrogen and oxygen atoms in total. The Morgan fingerprint density at radius 1 is 1.29 bits per heavy atom. The summed E-state index contributed by atoms with van der Waals surface area (Å²) < 4.78 is 0. The molecule has 0 aromatic carbocycles. The fraction of sp³-hybridized carbons (Fsp3) is 1.00. The number of hydrogen-bond acceptors (Lipinski definition) is 2. The molecule has 2 atom stereocenters. The Morgan fingerprint density at radius 3 is 2.59 bits per heavy atom. The van der Waals surface area contributed by atoms with Gasteiger partial charge in [0.1, 0.15) is 0 Å². The summed E-state index contributed by atoms with van der Waals surface area (Å²) in [6.45, 7) is 11.0. The summed E-state index contributed by atoms with van der Waals surface area (Å²) in [6, 6.07) is 1.66. The van der Waals surface area contributed by atoms with Gasteiger partial charge in [-0.15, -0.1) is 0 Å². The van der Waals surface area contributed by atoms with E-state index >= 15 is 0 Å². The second kappa shape index (κ2) is 5.71. The van der Waals surface area contributed by atoms with Crippen LogP contribution >= 0.6 is 0 Å². The number of hydrogen-bond donors (Lipinski definition) is 1. The maximum Gasteiger partial charge on any atom is 0.00684 e. The lowest BCUT2D eigenvalue weighted by Crippen LogP contribution is -2.44. The summed E-state index contributed by atoms with van der Waals surface area (Å²) in [4.78, 5) is 2.71. The molecule has 0 aromatic heterocycles. The van der Waals surface area contributed by atoms with E-state index in [4.69, 9.17) is 0 Å². The van der Waals surface area contributed by atoms with Gasteiger partial charge in [-0.2, -0.15) is 0 Å². The van der Waals surface area contributed by atoms with Crippen LogP contribution in [0.1, 0.15) is 59.3 Å². The molecule has 2 unspecified atom stereocenters. The molecule has 1 heterocycles. The molecular weight excluding hydrogens is 208 g/mol. The molecule has 17 heavy (non-hydrogen) atoms. The Balaban J connectivity index is 1.84. The monoisotopic (exact) mass is 238 g/mol. The smallest absolute Gasteiger partial charge is 0.00684 e. The zero-order valence-corrected chi connectivity index (χ0v) is 12.0. The molecule has 100 valence electrons. The van der Waals surface area contributed by atoms with E-state index in [1.165, 1.54) is 58.2 Å². The SMILES string of the molecule is CCCC(C)(CNC1CC1)CN1CCCC1C. The maximum absolute atomic E-state index is 3.74. The minimum atomic E-state index is 0.482. The fourth-order valence-electron chi connectivity index (χ4n) is 3.22. The minimum absolute atomic E-state index is 0.482. The Labute approximate surface area is 107 Å². The second-order valence-electron chi connectivity index (χ2n) is 6.68. The third-order valence-electron chi connectivity index (χ3n) is 4.52. The first-order valence-corrected chi connectivity index (χ1v) is 7.60. The molecule has 2 heteroatoms. The van der Waals surface area contributed by atoms with Gasteiger partial charge in [0.15, 0.2) is 0 Å². The minimum Gasteiger partial charge on any atom is -0.313 e. The van der Waals surface area contributed by atoms with Crippen molar-refractivity contribution < 1.29 is 0 Å². The van der Waals surface area contributed by atoms with Gasteiger partial charge >= 0.3 is 0 Å². The lowest BCUT2D eigenvalue weighted by molar-refractivity contribution is 0.144. The van der Waals surface area contributed by atoms with Crippen molar-refractivity contribution in [3.63, 3.8) is 0 Å². The van der Waals surface area contributed by atoms with Gasteiger partial charge in [0.05, 0.1) is 0 Å². The third-order valence-corrected chi connectivity index (χ3v) is 4.52. The molecule has 0 amide bonds. The molecule has 1 saturated carbocycles. The summed E-state index contributed by atoms with van der Waals surface area (Å²) in [5, 5.41) is 3.74. The largest absolute Gasteiger partial charge is 0.313 e. The first-order chi connectivity index (χ1) is 8.13. The van der Waals surface area contributed by atoms with E-state index in [1.807, 2.05) is 0 Å². The molecule has 0 radical (unpaired) electrons. The van der Waals surface area contributed by atoms with Crippen molar-refractivity contribution in [2.75, 3.05) is 19.6 Å². The van der Waals surface area contributed by atoms with Crippen molar-refractivity contribution in [3.05, 3.63) is 0 Å². The van der Waals surface area contributed by atoms with Crippen molar-refractivity contribution in [2.24, 2.45) is 5.41 Å². The highest BCUT2D eigenvalue weighted by Crippen LogP contribution is 2.29. The van der Waals surface area contributed by atoms with Crippen LogP contribution in [0.3, 0.4) is 0 Å². The molecular formula is C15H30N2. The van der Waals surface area contributed by atoms with Crippen LogP contribution in [0.15, 0.2) is 0 Å². The number of nitrogens with zero attached hydrogens (tertiary/aromatic N) is 1. The van der Waals surface area contributed by atoms with Crippen molar-refractivity contribution in [1.82, 2.24) is 10.2 Å². The Bertz CT molecular complexity index is 237. The lowest BCUT2D eigenvalue weighted by Gasteiger charge is -2.36. The predicted octanol–water partition coefficient (Wildman–Crippen LogP) is 3.03. The van der Waals surface area contributed by atoms with Gasteiger partial charge in [-0.1, -0.05) is 20.3 Å². The number of rotatable bonds is 7. The summed E-state index contributed by atoms with van der Waals surface area (Å²) in [6.07, 6.45) is 8.28. The van der Waals surface area contributed by atoms with Gasteiger partial charge in [0.2, 0.25) is 0 Å². The van der Waals surface area contributed by atoms with Crippen LogP contribution < -0.4 is 5.32 Å². The molecule has 2 aliphatic rings. The van der Waals surface area contributed by atoms with E-state index in [1.54, 1.807) is 0 Å². The van der Waals surface area contributed by atoms with Crippen LogP contribution in [0.4, 0.5) is 0 Å². The van der Waals surface area contributed by atoms with Gasteiger partial charge in [0.25, 0.3) is 0 Å². The summed E-state index contributed by atoms with van der Waals surface area (Å²) in [5.41, 5.74) is 0.482. The standard InChI is InChI=1S/C15H30N2/c1-4-9-15(3,11-16-14-7-8-14)12-17-10-5-6-13(17)2/h13-14,16H,4-12H2,1-3H3. The van der Waals surface area contributed by atoms with Crippen molar-refractivity contribution >= 4 is 0 Å². The summed E-state index contributed by atoms with van der Waals surface area (Å²) in [5.74, 6) is 0. The molecule has 2 rings (SSSR count). The lowest BCUT2D eigenvalue weighted by atomic mass is 9.84. The molecule has 1 saturated heterocycles. The first kappa shape index (κ1) is 13.4. The molecule has 0 bridgehead atoms. The second-order valence-corrected chi connectivity index (χ2v) is 6.68. The van der Waals surface area contributed by atoms with Crippen LogP contribution in [-0.4, -0.2) is 36.6 Å². The zero-order valence-electron chi connectivity index (χ0n) is 12.0. The van der Waals surface area contributed by atoms with Crippen LogP contribution in [-0.2, 0) is 0 Å². The Kier molecular flexibility index (Phi) is 4.48. The van der Waals surface area contributed by atoms with Crippen molar-refractivity contribution in [3.8, 4) is 0 Å². The van der Waals surface area contributed by atoms with E-state index < -0.39 is 0 Å². The van der Waals surface area contributed by atoms with E-state index in [0.29, 0.717) is 5.41 Å². The van der Waals surface area contributed by atoms with Crippen LogP contribution in [0.25, 0.3) is 0 Å². The quantitative estimate of drug-likeness (QED) is 0.733. The molecule has 2 fully saturated rings. The zero-order chi connectivity index (χ0) is 12.3. The predicted molar refractivity (Wildman–Crippen MR) is 74.3 cm³/mol. The molecule has 0 aromatic rings. The van der Waals surface area contributed by atoms with Crippen LogP contribution in [0.5, 0.6) is 0 Å². The highest BCUT2D eigenvalue weighted by molar-refractivity contribution is 4.89. The van der Waals surface area contributed by atoms with Gasteiger partial charge in [-0.25, -0.2) is 0 Å². The van der Waals surface area contributed by atoms with Crippen molar-refractivity contribution in [1.29, 1.82) is 0 Å². The molecule has 1 aliphatic carbocycles. The highest BCUT2D eigenvalue weighted by atomic mass is 15.2. The van der Waals surface area contributed by atoms with E-state index in [0.717, 1.165) is 12.1 Å². The van der Waals surface area contributed by atoms with Crippen LogP contribution in [0, 0.1) is 5.41 Å². The van der Waals surface area contributed by atoms with Gasteiger partial charge in [-0.05, 0) is 51.0 Å². The Hall–Kier alpha value is -0.0800. The number of nitrogens with one attached hydrogen (secondary N) is 1. The fourth-order valence-corrected chi connectivity index (χ4v) is 3.22. The van der Waals surface area contributed by atoms with Gasteiger partial charge in [0, 0.05) is 25.2 Å². The maximum atomic E-state index is 3.74. The Morgan fingerprint density at radius 2 is 2.06 bits per heavy atom. The topological polar surface area (TPSA) is 15.3 Å². The normalized spacial score (nSPS) is 29.5. The van der Waals surface area contributed by atoms with Gasteiger partial charge in [-0.3, -0.25) is 0 Å².